The average Bonchev–Trinajstić information content (AvgIpc) is 2.96. The third-order valence-electron chi connectivity index (χ3n) is 3.70. The fourth-order valence-corrected chi connectivity index (χ4v) is 4.63. The zero-order chi connectivity index (χ0) is 12.4. The first-order chi connectivity index (χ1) is 8.76. The summed E-state index contributed by atoms with van der Waals surface area (Å²) in [5, 5.41) is 5.92. The van der Waals surface area contributed by atoms with Gasteiger partial charge in [0.25, 0.3) is 0 Å². The Morgan fingerprint density at radius 1 is 1.39 bits per heavy atom. The van der Waals surface area contributed by atoms with Gasteiger partial charge in [0.05, 0.1) is 6.54 Å². The van der Waals surface area contributed by atoms with E-state index in [9.17, 15) is 0 Å². The van der Waals surface area contributed by atoms with Gasteiger partial charge in [0.1, 0.15) is 5.01 Å². The minimum atomic E-state index is 0.362. The first-order valence-corrected chi connectivity index (χ1v) is 8.43. The van der Waals surface area contributed by atoms with E-state index < -0.39 is 0 Å². The molecule has 0 unspecified atom stereocenters. The summed E-state index contributed by atoms with van der Waals surface area (Å²) in [7, 11) is 0. The van der Waals surface area contributed by atoms with Gasteiger partial charge in [0, 0.05) is 22.4 Å². The van der Waals surface area contributed by atoms with Gasteiger partial charge in [-0.1, -0.05) is 31.0 Å². The van der Waals surface area contributed by atoms with E-state index in [0.29, 0.717) is 5.54 Å². The van der Waals surface area contributed by atoms with E-state index in [4.69, 9.17) is 0 Å². The molecule has 1 N–H and O–H groups in total. The van der Waals surface area contributed by atoms with Crippen LogP contribution in [0.15, 0.2) is 11.2 Å². The predicted molar refractivity (Wildman–Crippen MR) is 79.4 cm³/mol. The van der Waals surface area contributed by atoms with Crippen LogP contribution in [-0.2, 0) is 6.54 Å². The van der Waals surface area contributed by atoms with Crippen LogP contribution in [0.4, 0.5) is 0 Å². The number of nitrogens with zero attached hydrogens (tertiary/aromatic N) is 2. The van der Waals surface area contributed by atoms with Gasteiger partial charge in [-0.15, -0.1) is 11.3 Å². The summed E-state index contributed by atoms with van der Waals surface area (Å²) >= 11 is 3.63. The maximum absolute atomic E-state index is 4.67. The van der Waals surface area contributed by atoms with Crippen LogP contribution in [0.2, 0.25) is 0 Å². The van der Waals surface area contributed by atoms with Crippen LogP contribution in [-0.4, -0.2) is 21.4 Å². The van der Waals surface area contributed by atoms with Crippen molar-refractivity contribution >= 4 is 28.3 Å². The molecule has 0 atom stereocenters. The normalized spacial score (nSPS) is 24.6. The van der Waals surface area contributed by atoms with Gasteiger partial charge in [-0.05, 0) is 19.8 Å². The first-order valence-electron chi connectivity index (χ1n) is 6.63. The van der Waals surface area contributed by atoms with Gasteiger partial charge < -0.3 is 5.32 Å². The number of rotatable bonds is 2. The summed E-state index contributed by atoms with van der Waals surface area (Å²) in [4.78, 5) is 10.3. The van der Waals surface area contributed by atoms with Crippen molar-refractivity contribution in [1.82, 2.24) is 10.3 Å². The zero-order valence-corrected chi connectivity index (χ0v) is 12.4. The molecule has 1 saturated carbocycles. The number of aromatic nitrogens is 1. The topological polar surface area (TPSA) is 37.3 Å². The fraction of sp³-hybridized carbons (Fsp3) is 0.692. The second-order valence-corrected chi connectivity index (χ2v) is 7.52. The fourth-order valence-electron chi connectivity index (χ4n) is 2.70. The summed E-state index contributed by atoms with van der Waals surface area (Å²) in [6.45, 7) is 2.82. The number of hydrogen-bond donors (Lipinski definition) is 1. The molecule has 3 nitrogen and oxygen atoms in total. The Bertz CT molecular complexity index is 447. The van der Waals surface area contributed by atoms with Crippen LogP contribution in [0.25, 0.3) is 0 Å². The quantitative estimate of drug-likeness (QED) is 0.903. The molecule has 1 aliphatic heterocycles. The van der Waals surface area contributed by atoms with Gasteiger partial charge in [-0.2, -0.15) is 0 Å². The Kier molecular flexibility index (Phi) is 3.61. The van der Waals surface area contributed by atoms with Crippen LogP contribution in [0, 0.1) is 6.92 Å². The predicted octanol–water partition coefficient (Wildman–Crippen LogP) is 3.35. The largest absolute Gasteiger partial charge is 0.359 e. The summed E-state index contributed by atoms with van der Waals surface area (Å²) < 4.78 is 0. The van der Waals surface area contributed by atoms with Gasteiger partial charge >= 0.3 is 0 Å². The second-order valence-electron chi connectivity index (χ2n) is 5.24. The highest BCUT2D eigenvalue weighted by molar-refractivity contribution is 8.14. The molecule has 0 radical (unpaired) electrons. The summed E-state index contributed by atoms with van der Waals surface area (Å²) in [6.07, 6.45) is 8.70. The van der Waals surface area contributed by atoms with E-state index in [-0.39, 0.29) is 0 Å². The standard InChI is InChI=1S/C13H19N3S2/c1-10-7-14-11(18-10)8-15-12-16-13(9-17-12)5-3-2-4-6-13/h7H,2-6,8-9H2,1H3,(H,15,16). The number of hydrogen-bond acceptors (Lipinski definition) is 4. The van der Waals surface area contributed by atoms with Gasteiger partial charge in [0.2, 0.25) is 0 Å². The smallest absolute Gasteiger partial charge is 0.157 e. The summed E-state index contributed by atoms with van der Waals surface area (Å²) in [5.41, 5.74) is 0.362. The number of thiazole rings is 1. The van der Waals surface area contributed by atoms with Crippen LogP contribution in [0.1, 0.15) is 42.0 Å². The monoisotopic (exact) mass is 281 g/mol. The molecule has 1 saturated heterocycles. The highest BCUT2D eigenvalue weighted by Gasteiger charge is 2.37. The highest BCUT2D eigenvalue weighted by Crippen LogP contribution is 2.36. The molecule has 2 fully saturated rings. The average molecular weight is 281 g/mol. The SMILES string of the molecule is Cc1cnc(CN=C2NC3(CCCCC3)CS2)s1. The summed E-state index contributed by atoms with van der Waals surface area (Å²) in [5.74, 6) is 1.20. The molecule has 1 aromatic rings. The second kappa shape index (κ2) is 5.21. The third-order valence-corrected chi connectivity index (χ3v) is 5.79. The number of aliphatic imine (C=N–C) groups is 1. The van der Waals surface area contributed by atoms with E-state index >= 15 is 0 Å². The molecular formula is C13H19N3S2. The molecule has 2 aliphatic rings. The van der Waals surface area contributed by atoms with Crippen LogP contribution in [0.3, 0.4) is 0 Å². The van der Waals surface area contributed by atoms with Crippen molar-refractivity contribution in [3.8, 4) is 0 Å². The highest BCUT2D eigenvalue weighted by atomic mass is 32.2. The maximum atomic E-state index is 4.67. The van der Waals surface area contributed by atoms with Crippen molar-refractivity contribution in [1.29, 1.82) is 0 Å². The lowest BCUT2D eigenvalue weighted by atomic mass is 9.83. The van der Waals surface area contributed by atoms with Crippen molar-refractivity contribution in [3.63, 3.8) is 0 Å². The first kappa shape index (κ1) is 12.5. The molecule has 1 aromatic heterocycles. The van der Waals surface area contributed by atoms with E-state index in [1.54, 1.807) is 11.3 Å². The minimum Gasteiger partial charge on any atom is -0.359 e. The van der Waals surface area contributed by atoms with Crippen molar-refractivity contribution in [2.24, 2.45) is 4.99 Å². The van der Waals surface area contributed by atoms with E-state index in [1.165, 1.54) is 42.7 Å². The molecule has 0 bridgehead atoms. The van der Waals surface area contributed by atoms with Crippen molar-refractivity contribution in [2.75, 3.05) is 5.75 Å². The molecule has 1 spiro atoms. The summed E-state index contributed by atoms with van der Waals surface area (Å²) in [6, 6.07) is 0. The minimum absolute atomic E-state index is 0.362. The Hall–Kier alpha value is -0.550. The van der Waals surface area contributed by atoms with E-state index in [2.05, 4.69) is 22.2 Å². The molecule has 3 rings (SSSR count). The van der Waals surface area contributed by atoms with Crippen molar-refractivity contribution in [2.45, 2.75) is 51.1 Å². The third kappa shape index (κ3) is 2.72. The lowest BCUT2D eigenvalue weighted by molar-refractivity contribution is 0.303. The number of thioether (sulfide) groups is 1. The molecule has 5 heteroatoms. The van der Waals surface area contributed by atoms with Crippen LogP contribution < -0.4 is 5.32 Å². The molecule has 1 aliphatic carbocycles. The Balaban J connectivity index is 1.61. The Labute approximate surface area is 116 Å². The Morgan fingerprint density at radius 2 is 2.22 bits per heavy atom. The lowest BCUT2D eigenvalue weighted by Gasteiger charge is -2.32. The lowest BCUT2D eigenvalue weighted by Crippen LogP contribution is -2.45. The van der Waals surface area contributed by atoms with Crippen LogP contribution in [0.5, 0.6) is 0 Å². The molecule has 2 heterocycles. The van der Waals surface area contributed by atoms with Crippen LogP contribution >= 0.6 is 23.1 Å². The molecule has 98 valence electrons. The van der Waals surface area contributed by atoms with Gasteiger partial charge in [-0.25, -0.2) is 4.98 Å². The molecule has 0 amide bonds. The maximum Gasteiger partial charge on any atom is 0.157 e. The molecule has 0 aromatic carbocycles. The number of nitrogens with one attached hydrogen (secondary N) is 1. The van der Waals surface area contributed by atoms with E-state index in [0.717, 1.165) is 16.7 Å². The van der Waals surface area contributed by atoms with Crippen molar-refractivity contribution < 1.29 is 0 Å². The van der Waals surface area contributed by atoms with Gasteiger partial charge in [-0.3, -0.25) is 4.99 Å². The molecule has 18 heavy (non-hydrogen) atoms. The van der Waals surface area contributed by atoms with E-state index in [1.807, 2.05) is 18.0 Å². The molecular weight excluding hydrogens is 262 g/mol. The Morgan fingerprint density at radius 3 is 2.94 bits per heavy atom. The van der Waals surface area contributed by atoms with Crippen molar-refractivity contribution in [3.05, 3.63) is 16.1 Å². The number of amidine groups is 1. The zero-order valence-electron chi connectivity index (χ0n) is 10.7. The van der Waals surface area contributed by atoms with Gasteiger partial charge in [0.15, 0.2) is 5.17 Å². The number of aryl methyl sites for hydroxylation is 1.